The molecule has 7 heteroatoms. The highest BCUT2D eigenvalue weighted by Gasteiger charge is 2.27. The smallest absolute Gasteiger partial charge is 0.310 e. The first kappa shape index (κ1) is 16.7. The molecule has 2 aromatic carbocycles. The van der Waals surface area contributed by atoms with E-state index in [0.29, 0.717) is 6.29 Å². The highest BCUT2D eigenvalue weighted by atomic mass is 19.2. The third-order valence-electron chi connectivity index (χ3n) is 3.24. The zero-order chi connectivity index (χ0) is 17.1. The molecule has 0 amide bonds. The Morgan fingerprint density at radius 3 is 1.96 bits per heavy atom. The van der Waals surface area contributed by atoms with Crippen LogP contribution in [-0.2, 0) is 16.0 Å². The Morgan fingerprint density at radius 1 is 1.00 bits per heavy atom. The number of ether oxygens (including phenoxy) is 1. The average Bonchev–Trinajstić information content (AvgIpc) is 2.57. The standard InChI is InChI=1S/C16H10F4O3/c1-23-11(22)6-10-13(17)15(19)12(16(20)14(10)18)9-4-2-8(7-21)3-5-9/h2-5,7H,6H2,1H3. The van der Waals surface area contributed by atoms with E-state index in [1.165, 1.54) is 12.1 Å². The summed E-state index contributed by atoms with van der Waals surface area (Å²) in [4.78, 5) is 21.7. The molecular weight excluding hydrogens is 316 g/mol. The molecule has 0 aliphatic rings. The van der Waals surface area contributed by atoms with Crippen molar-refractivity contribution in [2.45, 2.75) is 6.42 Å². The van der Waals surface area contributed by atoms with Gasteiger partial charge < -0.3 is 4.74 Å². The SMILES string of the molecule is COC(=O)Cc1c(F)c(F)c(-c2ccc(C=O)cc2)c(F)c1F. The molecule has 0 saturated carbocycles. The van der Waals surface area contributed by atoms with Crippen molar-refractivity contribution in [2.24, 2.45) is 0 Å². The number of aldehydes is 1. The van der Waals surface area contributed by atoms with Gasteiger partial charge in [0, 0.05) is 11.1 Å². The van der Waals surface area contributed by atoms with Gasteiger partial charge >= 0.3 is 5.97 Å². The first-order valence-electron chi connectivity index (χ1n) is 6.38. The van der Waals surface area contributed by atoms with Crippen LogP contribution in [0.3, 0.4) is 0 Å². The van der Waals surface area contributed by atoms with Gasteiger partial charge in [0.25, 0.3) is 0 Å². The lowest BCUT2D eigenvalue weighted by molar-refractivity contribution is -0.139. The summed E-state index contributed by atoms with van der Waals surface area (Å²) >= 11 is 0. The molecule has 0 spiro atoms. The molecule has 0 fully saturated rings. The highest BCUT2D eigenvalue weighted by Crippen LogP contribution is 2.32. The zero-order valence-electron chi connectivity index (χ0n) is 11.8. The molecule has 0 bridgehead atoms. The molecule has 0 saturated heterocycles. The van der Waals surface area contributed by atoms with Gasteiger partial charge in [0.15, 0.2) is 23.3 Å². The van der Waals surface area contributed by atoms with Crippen LogP contribution in [0.2, 0.25) is 0 Å². The van der Waals surface area contributed by atoms with Crippen LogP contribution in [0.25, 0.3) is 11.1 Å². The molecule has 0 unspecified atom stereocenters. The second kappa shape index (κ2) is 6.60. The van der Waals surface area contributed by atoms with Crippen LogP contribution in [0, 0.1) is 23.3 Å². The van der Waals surface area contributed by atoms with E-state index in [1.54, 1.807) is 0 Å². The summed E-state index contributed by atoms with van der Waals surface area (Å²) in [6.07, 6.45) is -0.427. The van der Waals surface area contributed by atoms with Crippen LogP contribution < -0.4 is 0 Å². The fourth-order valence-corrected chi connectivity index (χ4v) is 2.03. The third kappa shape index (κ3) is 3.08. The first-order chi connectivity index (χ1) is 10.9. The number of rotatable bonds is 4. The van der Waals surface area contributed by atoms with Gasteiger partial charge in [-0.3, -0.25) is 9.59 Å². The summed E-state index contributed by atoms with van der Waals surface area (Å²) < 4.78 is 60.4. The summed E-state index contributed by atoms with van der Waals surface area (Å²) in [6, 6.07) is 4.81. The van der Waals surface area contributed by atoms with Crippen LogP contribution in [0.5, 0.6) is 0 Å². The zero-order valence-corrected chi connectivity index (χ0v) is 11.8. The molecule has 2 aromatic rings. The van der Waals surface area contributed by atoms with Crippen molar-refractivity contribution in [3.63, 3.8) is 0 Å². The second-order valence-corrected chi connectivity index (χ2v) is 4.60. The van der Waals surface area contributed by atoms with Crippen molar-refractivity contribution in [1.29, 1.82) is 0 Å². The topological polar surface area (TPSA) is 43.4 Å². The van der Waals surface area contributed by atoms with Gasteiger partial charge in [-0.15, -0.1) is 0 Å². The Morgan fingerprint density at radius 2 is 1.52 bits per heavy atom. The quantitative estimate of drug-likeness (QED) is 0.374. The predicted octanol–water partition coefficient (Wildman–Crippen LogP) is 3.44. The maximum atomic E-state index is 14.1. The van der Waals surface area contributed by atoms with Crippen molar-refractivity contribution in [2.75, 3.05) is 7.11 Å². The Hall–Kier alpha value is -2.70. The largest absolute Gasteiger partial charge is 0.469 e. The molecule has 23 heavy (non-hydrogen) atoms. The second-order valence-electron chi connectivity index (χ2n) is 4.60. The van der Waals surface area contributed by atoms with Crippen LogP contribution in [-0.4, -0.2) is 19.4 Å². The number of halogens is 4. The molecule has 0 aromatic heterocycles. The van der Waals surface area contributed by atoms with Gasteiger partial charge in [-0.2, -0.15) is 0 Å². The lowest BCUT2D eigenvalue weighted by atomic mass is 9.99. The molecular formula is C16H10F4O3. The fraction of sp³-hybridized carbons (Fsp3) is 0.125. The molecule has 3 nitrogen and oxygen atoms in total. The maximum absolute atomic E-state index is 14.1. The number of hydrogen-bond donors (Lipinski definition) is 0. The minimum Gasteiger partial charge on any atom is -0.469 e. The summed E-state index contributed by atoms with van der Waals surface area (Å²) in [5, 5.41) is 0. The molecule has 120 valence electrons. The number of carbonyl (C=O) groups is 2. The normalized spacial score (nSPS) is 10.5. The van der Waals surface area contributed by atoms with Crippen molar-refractivity contribution in [1.82, 2.24) is 0 Å². The molecule has 0 radical (unpaired) electrons. The Balaban J connectivity index is 2.61. The molecule has 0 heterocycles. The Bertz CT molecular complexity index is 741. The monoisotopic (exact) mass is 326 g/mol. The van der Waals surface area contributed by atoms with Gasteiger partial charge in [-0.05, 0) is 5.56 Å². The van der Waals surface area contributed by atoms with Gasteiger partial charge in [0.2, 0.25) is 0 Å². The van der Waals surface area contributed by atoms with E-state index >= 15 is 0 Å². The van der Waals surface area contributed by atoms with Gasteiger partial charge in [0.05, 0.1) is 19.1 Å². The Kier molecular flexibility index (Phi) is 4.78. The molecule has 0 atom stereocenters. The minimum atomic E-state index is -1.66. The van der Waals surface area contributed by atoms with Crippen LogP contribution in [0.1, 0.15) is 15.9 Å². The number of carbonyl (C=O) groups excluding carboxylic acids is 2. The number of hydrogen-bond acceptors (Lipinski definition) is 3. The molecule has 0 aliphatic heterocycles. The third-order valence-corrected chi connectivity index (χ3v) is 3.24. The van der Waals surface area contributed by atoms with Crippen molar-refractivity contribution in [3.05, 3.63) is 58.7 Å². The maximum Gasteiger partial charge on any atom is 0.310 e. The summed E-state index contributed by atoms with van der Waals surface area (Å²) in [5.74, 6) is -7.61. The van der Waals surface area contributed by atoms with E-state index in [1.807, 2.05) is 0 Å². The lowest BCUT2D eigenvalue weighted by Crippen LogP contribution is -2.12. The highest BCUT2D eigenvalue weighted by molar-refractivity contribution is 5.77. The molecule has 0 aliphatic carbocycles. The van der Waals surface area contributed by atoms with E-state index in [2.05, 4.69) is 4.74 Å². The average molecular weight is 326 g/mol. The van der Waals surface area contributed by atoms with E-state index < -0.39 is 46.8 Å². The summed E-state index contributed by atoms with van der Waals surface area (Å²) in [6.45, 7) is 0. The van der Waals surface area contributed by atoms with E-state index in [9.17, 15) is 27.2 Å². The first-order valence-corrected chi connectivity index (χ1v) is 6.38. The van der Waals surface area contributed by atoms with Gasteiger partial charge in [0.1, 0.15) is 6.29 Å². The van der Waals surface area contributed by atoms with E-state index in [0.717, 1.165) is 19.2 Å². The summed E-state index contributed by atoms with van der Waals surface area (Å²) in [7, 11) is 0.980. The predicted molar refractivity (Wildman–Crippen MR) is 72.8 cm³/mol. The van der Waals surface area contributed by atoms with Crippen molar-refractivity contribution in [3.8, 4) is 11.1 Å². The minimum absolute atomic E-state index is 0.145. The fourth-order valence-electron chi connectivity index (χ4n) is 2.03. The number of benzene rings is 2. The Labute approximate surface area is 128 Å². The van der Waals surface area contributed by atoms with Gasteiger partial charge in [-0.1, -0.05) is 24.3 Å². The van der Waals surface area contributed by atoms with Crippen molar-refractivity contribution < 1.29 is 31.9 Å². The van der Waals surface area contributed by atoms with Gasteiger partial charge in [-0.25, -0.2) is 17.6 Å². The van der Waals surface area contributed by atoms with Crippen molar-refractivity contribution >= 4 is 12.3 Å². The number of methoxy groups -OCH3 is 1. The van der Waals surface area contributed by atoms with Crippen LogP contribution in [0.4, 0.5) is 17.6 Å². The van der Waals surface area contributed by atoms with E-state index in [4.69, 9.17) is 0 Å². The lowest BCUT2D eigenvalue weighted by Gasteiger charge is -2.12. The van der Waals surface area contributed by atoms with E-state index in [-0.39, 0.29) is 11.1 Å². The van der Waals surface area contributed by atoms with Crippen LogP contribution >= 0.6 is 0 Å². The summed E-state index contributed by atoms with van der Waals surface area (Å²) in [5.41, 5.74) is -1.86. The molecule has 0 N–H and O–H groups in total. The molecule has 2 rings (SSSR count). The van der Waals surface area contributed by atoms with Crippen LogP contribution in [0.15, 0.2) is 24.3 Å². The number of esters is 1.